The van der Waals surface area contributed by atoms with Crippen molar-refractivity contribution >= 4 is 5.91 Å². The largest absolute Gasteiger partial charge is 0.348 e. The molecule has 106 valence electrons. The van der Waals surface area contributed by atoms with Gasteiger partial charge in [-0.1, -0.05) is 44.2 Å². The van der Waals surface area contributed by atoms with E-state index in [4.69, 9.17) is 0 Å². The van der Waals surface area contributed by atoms with Crippen molar-refractivity contribution in [2.24, 2.45) is 0 Å². The van der Waals surface area contributed by atoms with E-state index < -0.39 is 0 Å². The van der Waals surface area contributed by atoms with Gasteiger partial charge in [0.1, 0.15) is 0 Å². The Morgan fingerprint density at radius 2 is 1.84 bits per heavy atom. The fourth-order valence-corrected chi connectivity index (χ4v) is 2.26. The van der Waals surface area contributed by atoms with E-state index in [2.05, 4.69) is 50.4 Å². The lowest BCUT2D eigenvalue weighted by atomic mass is 9.79. The molecule has 0 aliphatic carbocycles. The molecule has 0 aliphatic rings. The summed E-state index contributed by atoms with van der Waals surface area (Å²) in [6.45, 7) is 7.02. The molecule has 0 radical (unpaired) electrons. The molecule has 1 N–H and O–H groups in total. The molecule has 0 saturated carbocycles. The van der Waals surface area contributed by atoms with Crippen LogP contribution in [0.15, 0.2) is 30.3 Å². The van der Waals surface area contributed by atoms with Gasteiger partial charge < -0.3 is 10.2 Å². The highest BCUT2D eigenvalue weighted by molar-refractivity contribution is 5.77. The second kappa shape index (κ2) is 6.71. The molecule has 19 heavy (non-hydrogen) atoms. The lowest BCUT2D eigenvalue weighted by molar-refractivity contribution is -0.127. The fraction of sp³-hybridized carbons (Fsp3) is 0.562. The number of rotatable bonds is 6. The van der Waals surface area contributed by atoms with Crippen molar-refractivity contribution in [1.82, 2.24) is 10.2 Å². The van der Waals surface area contributed by atoms with Crippen LogP contribution in [0, 0.1) is 0 Å². The molecule has 0 aliphatic heterocycles. The Labute approximate surface area is 117 Å². The topological polar surface area (TPSA) is 32.3 Å². The molecule has 1 rings (SSSR count). The second-order valence-corrected chi connectivity index (χ2v) is 6.02. The van der Waals surface area contributed by atoms with Gasteiger partial charge in [-0.15, -0.1) is 0 Å². The third kappa shape index (κ3) is 5.03. The van der Waals surface area contributed by atoms with E-state index in [9.17, 15) is 4.79 Å². The van der Waals surface area contributed by atoms with Crippen molar-refractivity contribution in [2.75, 3.05) is 20.6 Å². The molecule has 1 aromatic carbocycles. The first-order valence-electron chi connectivity index (χ1n) is 6.82. The Bertz CT molecular complexity index is 398. The van der Waals surface area contributed by atoms with Gasteiger partial charge in [0.15, 0.2) is 0 Å². The standard InChI is InChI=1S/C16H26N2O/c1-13(17-12-15(19)18(4)5)11-16(2,3)14-9-7-6-8-10-14/h6-10,13,17H,11-12H2,1-5H3. The second-order valence-electron chi connectivity index (χ2n) is 6.02. The number of hydrogen-bond donors (Lipinski definition) is 1. The Kier molecular flexibility index (Phi) is 5.55. The highest BCUT2D eigenvalue weighted by Gasteiger charge is 2.23. The average Bonchev–Trinajstić information content (AvgIpc) is 2.36. The molecule has 0 saturated heterocycles. The van der Waals surface area contributed by atoms with Gasteiger partial charge in [-0.25, -0.2) is 0 Å². The third-order valence-electron chi connectivity index (χ3n) is 3.47. The molecule has 0 heterocycles. The smallest absolute Gasteiger partial charge is 0.236 e. The predicted molar refractivity (Wildman–Crippen MR) is 80.2 cm³/mol. The van der Waals surface area contributed by atoms with Crippen molar-refractivity contribution in [1.29, 1.82) is 0 Å². The summed E-state index contributed by atoms with van der Waals surface area (Å²) in [6.07, 6.45) is 0.998. The van der Waals surface area contributed by atoms with Crippen LogP contribution in [0.1, 0.15) is 32.8 Å². The van der Waals surface area contributed by atoms with Gasteiger partial charge in [0, 0.05) is 20.1 Å². The highest BCUT2D eigenvalue weighted by atomic mass is 16.2. The maximum atomic E-state index is 11.5. The van der Waals surface area contributed by atoms with Crippen LogP contribution in [0.25, 0.3) is 0 Å². The molecule has 0 spiro atoms. The summed E-state index contributed by atoms with van der Waals surface area (Å²) in [5.41, 5.74) is 1.44. The van der Waals surface area contributed by atoms with E-state index in [1.165, 1.54) is 5.56 Å². The highest BCUT2D eigenvalue weighted by Crippen LogP contribution is 2.27. The zero-order valence-electron chi connectivity index (χ0n) is 12.7. The fourth-order valence-electron chi connectivity index (χ4n) is 2.26. The van der Waals surface area contributed by atoms with Crippen molar-refractivity contribution < 1.29 is 4.79 Å². The van der Waals surface area contributed by atoms with Gasteiger partial charge >= 0.3 is 0 Å². The summed E-state index contributed by atoms with van der Waals surface area (Å²) in [5.74, 6) is 0.115. The van der Waals surface area contributed by atoms with Crippen molar-refractivity contribution in [3.8, 4) is 0 Å². The first kappa shape index (κ1) is 15.7. The molecule has 0 fully saturated rings. The van der Waals surface area contributed by atoms with Crippen LogP contribution in [0.3, 0.4) is 0 Å². The predicted octanol–water partition coefficient (Wildman–Crippen LogP) is 2.42. The summed E-state index contributed by atoms with van der Waals surface area (Å²) in [7, 11) is 3.56. The Balaban J connectivity index is 2.52. The molecule has 1 unspecified atom stereocenters. The summed E-state index contributed by atoms with van der Waals surface area (Å²) in [6, 6.07) is 10.8. The number of nitrogens with zero attached hydrogens (tertiary/aromatic N) is 1. The summed E-state index contributed by atoms with van der Waals surface area (Å²) >= 11 is 0. The minimum absolute atomic E-state index is 0.106. The van der Waals surface area contributed by atoms with E-state index in [1.54, 1.807) is 19.0 Å². The number of carbonyl (C=O) groups excluding carboxylic acids is 1. The lowest BCUT2D eigenvalue weighted by Gasteiger charge is -2.29. The average molecular weight is 262 g/mol. The van der Waals surface area contributed by atoms with Crippen LogP contribution in [0.4, 0.5) is 0 Å². The number of nitrogens with one attached hydrogen (secondary N) is 1. The van der Waals surface area contributed by atoms with Crippen LogP contribution in [-0.4, -0.2) is 37.5 Å². The first-order chi connectivity index (χ1) is 8.83. The number of benzene rings is 1. The molecule has 0 bridgehead atoms. The normalized spacial score (nSPS) is 13.1. The van der Waals surface area contributed by atoms with E-state index >= 15 is 0 Å². The minimum Gasteiger partial charge on any atom is -0.348 e. The van der Waals surface area contributed by atoms with E-state index in [0.29, 0.717) is 12.6 Å². The third-order valence-corrected chi connectivity index (χ3v) is 3.47. The monoisotopic (exact) mass is 262 g/mol. The molecule has 1 amide bonds. The molecule has 1 atom stereocenters. The molecular formula is C16H26N2O. The number of likely N-dealkylation sites (N-methyl/N-ethyl adjacent to an activating group) is 1. The van der Waals surface area contributed by atoms with E-state index in [0.717, 1.165) is 6.42 Å². The summed E-state index contributed by atoms with van der Waals surface area (Å²) in [4.78, 5) is 13.2. The van der Waals surface area contributed by atoms with E-state index in [1.807, 2.05) is 6.07 Å². The van der Waals surface area contributed by atoms with E-state index in [-0.39, 0.29) is 11.3 Å². The molecular weight excluding hydrogens is 236 g/mol. The Morgan fingerprint density at radius 1 is 1.26 bits per heavy atom. The molecule has 3 nitrogen and oxygen atoms in total. The molecule has 3 heteroatoms. The van der Waals surface area contributed by atoms with Crippen LogP contribution >= 0.6 is 0 Å². The quantitative estimate of drug-likeness (QED) is 0.854. The first-order valence-corrected chi connectivity index (χ1v) is 6.82. The van der Waals surface area contributed by atoms with Gasteiger partial charge in [0.25, 0.3) is 0 Å². The molecule has 0 aromatic heterocycles. The number of hydrogen-bond acceptors (Lipinski definition) is 2. The van der Waals surface area contributed by atoms with Gasteiger partial charge in [0.05, 0.1) is 6.54 Å². The molecule has 1 aromatic rings. The zero-order chi connectivity index (χ0) is 14.5. The van der Waals surface area contributed by atoms with Crippen molar-refractivity contribution in [3.05, 3.63) is 35.9 Å². The summed E-state index contributed by atoms with van der Waals surface area (Å²) < 4.78 is 0. The zero-order valence-corrected chi connectivity index (χ0v) is 12.7. The Morgan fingerprint density at radius 3 is 2.37 bits per heavy atom. The summed E-state index contributed by atoms with van der Waals surface area (Å²) in [5, 5.41) is 3.30. The van der Waals surface area contributed by atoms with Gasteiger partial charge in [-0.3, -0.25) is 4.79 Å². The van der Waals surface area contributed by atoms with Crippen molar-refractivity contribution in [3.63, 3.8) is 0 Å². The SMILES string of the molecule is CC(CC(C)(C)c1ccccc1)NCC(=O)N(C)C. The van der Waals surface area contributed by atoms with Crippen LogP contribution in [0.5, 0.6) is 0 Å². The lowest BCUT2D eigenvalue weighted by Crippen LogP contribution is -2.39. The Hall–Kier alpha value is -1.35. The van der Waals surface area contributed by atoms with Gasteiger partial charge in [-0.05, 0) is 24.3 Å². The van der Waals surface area contributed by atoms with Gasteiger partial charge in [0.2, 0.25) is 5.91 Å². The van der Waals surface area contributed by atoms with Crippen LogP contribution < -0.4 is 5.32 Å². The number of amides is 1. The minimum atomic E-state index is 0.106. The maximum absolute atomic E-state index is 11.5. The van der Waals surface area contributed by atoms with Crippen LogP contribution in [0.2, 0.25) is 0 Å². The number of carbonyl (C=O) groups is 1. The van der Waals surface area contributed by atoms with Crippen LogP contribution in [-0.2, 0) is 10.2 Å². The van der Waals surface area contributed by atoms with Gasteiger partial charge in [-0.2, -0.15) is 0 Å². The maximum Gasteiger partial charge on any atom is 0.236 e. The van der Waals surface area contributed by atoms with Crippen molar-refractivity contribution in [2.45, 2.75) is 38.6 Å².